The smallest absolute Gasteiger partial charge is 0.325 e. The van der Waals surface area contributed by atoms with E-state index in [1.807, 2.05) is 12.1 Å². The fourth-order valence-electron chi connectivity index (χ4n) is 3.34. The molecule has 4 amide bonds. The zero-order chi connectivity index (χ0) is 17.2. The Balaban J connectivity index is 1.56. The summed E-state index contributed by atoms with van der Waals surface area (Å²) in [5.74, 6) is -0.397. The van der Waals surface area contributed by atoms with E-state index in [1.165, 1.54) is 4.90 Å². The highest BCUT2D eigenvalue weighted by molar-refractivity contribution is 9.10. The van der Waals surface area contributed by atoms with Crippen molar-refractivity contribution in [2.24, 2.45) is 0 Å². The van der Waals surface area contributed by atoms with Gasteiger partial charge in [-0.1, -0.05) is 35.2 Å². The molecule has 128 valence electrons. The summed E-state index contributed by atoms with van der Waals surface area (Å²) in [6, 6.07) is 6.86. The second-order valence-corrected chi connectivity index (χ2v) is 7.25. The van der Waals surface area contributed by atoms with Crippen LogP contribution in [0.25, 0.3) is 0 Å². The lowest BCUT2D eigenvalue weighted by Crippen LogP contribution is -2.48. The van der Waals surface area contributed by atoms with E-state index in [0.29, 0.717) is 18.5 Å². The van der Waals surface area contributed by atoms with Crippen molar-refractivity contribution in [2.75, 3.05) is 11.9 Å². The van der Waals surface area contributed by atoms with Crippen molar-refractivity contribution >= 4 is 39.5 Å². The van der Waals surface area contributed by atoms with Crippen LogP contribution in [-0.2, 0) is 9.59 Å². The number of anilines is 1. The van der Waals surface area contributed by atoms with Gasteiger partial charge in [0, 0.05) is 23.1 Å². The molecule has 2 fully saturated rings. The maximum atomic E-state index is 12.6. The summed E-state index contributed by atoms with van der Waals surface area (Å²) >= 11 is 3.33. The molecule has 1 aromatic rings. The van der Waals surface area contributed by atoms with Crippen molar-refractivity contribution in [2.45, 2.75) is 44.1 Å². The normalized spacial score (nSPS) is 19.5. The summed E-state index contributed by atoms with van der Waals surface area (Å²) in [5.41, 5.74) is -0.0403. The number of imide groups is 1. The van der Waals surface area contributed by atoms with Gasteiger partial charge < -0.3 is 10.6 Å². The van der Waals surface area contributed by atoms with Crippen LogP contribution in [0.3, 0.4) is 0 Å². The Morgan fingerprint density at radius 1 is 1.17 bits per heavy atom. The van der Waals surface area contributed by atoms with Crippen molar-refractivity contribution in [3.63, 3.8) is 0 Å². The maximum absolute atomic E-state index is 12.6. The Morgan fingerprint density at radius 3 is 2.50 bits per heavy atom. The predicted molar refractivity (Wildman–Crippen MR) is 93.4 cm³/mol. The van der Waals surface area contributed by atoms with Crippen LogP contribution in [0.2, 0.25) is 0 Å². The van der Waals surface area contributed by atoms with E-state index < -0.39 is 5.54 Å². The molecule has 3 rings (SSSR count). The molecule has 6 nitrogen and oxygen atoms in total. The third-order valence-corrected chi connectivity index (χ3v) is 5.17. The van der Waals surface area contributed by atoms with E-state index in [-0.39, 0.29) is 30.8 Å². The van der Waals surface area contributed by atoms with Crippen LogP contribution in [0.1, 0.15) is 38.5 Å². The summed E-state index contributed by atoms with van der Waals surface area (Å²) in [5, 5.41) is 5.61. The molecule has 1 saturated heterocycles. The molecule has 2 aliphatic rings. The molecular weight excluding hydrogens is 374 g/mol. The van der Waals surface area contributed by atoms with Gasteiger partial charge in [0.2, 0.25) is 5.91 Å². The first-order valence-electron chi connectivity index (χ1n) is 8.20. The van der Waals surface area contributed by atoms with Gasteiger partial charge in [-0.25, -0.2) is 4.79 Å². The average molecular weight is 394 g/mol. The zero-order valence-electron chi connectivity index (χ0n) is 13.3. The molecule has 24 heavy (non-hydrogen) atoms. The van der Waals surface area contributed by atoms with Gasteiger partial charge in [0.15, 0.2) is 0 Å². The average Bonchev–Trinajstić information content (AvgIpc) is 2.79. The lowest BCUT2D eigenvalue weighted by atomic mass is 9.82. The van der Waals surface area contributed by atoms with Gasteiger partial charge in [-0.2, -0.15) is 0 Å². The molecule has 0 atom stereocenters. The van der Waals surface area contributed by atoms with Gasteiger partial charge in [0.05, 0.1) is 0 Å². The van der Waals surface area contributed by atoms with Crippen LogP contribution in [-0.4, -0.2) is 34.8 Å². The Morgan fingerprint density at radius 2 is 1.83 bits per heavy atom. The topological polar surface area (TPSA) is 78.5 Å². The first-order valence-corrected chi connectivity index (χ1v) is 8.99. The van der Waals surface area contributed by atoms with Gasteiger partial charge >= 0.3 is 6.03 Å². The first kappa shape index (κ1) is 17.0. The number of benzene rings is 1. The lowest BCUT2D eigenvalue weighted by molar-refractivity contribution is -0.132. The number of urea groups is 1. The fraction of sp³-hybridized carbons (Fsp3) is 0.471. The SMILES string of the molecule is O=C(CCN1C(=O)NC2(CCCCC2)C1=O)Nc1ccc(Br)cc1. The minimum absolute atomic E-state index is 0.0886. The van der Waals surface area contributed by atoms with Crippen molar-refractivity contribution < 1.29 is 14.4 Å². The number of halogens is 1. The number of amides is 4. The molecule has 1 saturated carbocycles. The van der Waals surface area contributed by atoms with E-state index in [4.69, 9.17) is 0 Å². The van der Waals surface area contributed by atoms with Crippen LogP contribution in [0.5, 0.6) is 0 Å². The molecule has 1 aliphatic heterocycles. The molecule has 1 aromatic carbocycles. The van der Waals surface area contributed by atoms with E-state index in [1.54, 1.807) is 12.1 Å². The van der Waals surface area contributed by atoms with Gasteiger partial charge in [0.25, 0.3) is 5.91 Å². The van der Waals surface area contributed by atoms with Gasteiger partial charge in [-0.15, -0.1) is 0 Å². The van der Waals surface area contributed by atoms with Crippen LogP contribution in [0, 0.1) is 0 Å². The number of carbonyl (C=O) groups is 3. The maximum Gasteiger partial charge on any atom is 0.325 e. The minimum Gasteiger partial charge on any atom is -0.326 e. The van der Waals surface area contributed by atoms with Crippen molar-refractivity contribution in [1.29, 1.82) is 0 Å². The highest BCUT2D eigenvalue weighted by atomic mass is 79.9. The monoisotopic (exact) mass is 393 g/mol. The Hall–Kier alpha value is -1.89. The van der Waals surface area contributed by atoms with Crippen molar-refractivity contribution in [3.05, 3.63) is 28.7 Å². The predicted octanol–water partition coefficient (Wildman–Crippen LogP) is 3.03. The van der Waals surface area contributed by atoms with Crippen LogP contribution < -0.4 is 10.6 Å². The Kier molecular flexibility index (Phi) is 4.89. The van der Waals surface area contributed by atoms with Crippen LogP contribution in [0.4, 0.5) is 10.5 Å². The molecular formula is C17H20BrN3O3. The number of nitrogens with zero attached hydrogens (tertiary/aromatic N) is 1. The summed E-state index contributed by atoms with van der Waals surface area (Å²) in [4.78, 5) is 38.0. The Bertz CT molecular complexity index is 654. The first-order chi connectivity index (χ1) is 11.5. The quantitative estimate of drug-likeness (QED) is 0.771. The number of hydrogen-bond acceptors (Lipinski definition) is 3. The van der Waals surface area contributed by atoms with Crippen LogP contribution >= 0.6 is 15.9 Å². The van der Waals surface area contributed by atoms with Gasteiger partial charge in [0.1, 0.15) is 5.54 Å². The van der Waals surface area contributed by atoms with E-state index >= 15 is 0 Å². The van der Waals surface area contributed by atoms with Gasteiger partial charge in [-0.3, -0.25) is 14.5 Å². The number of hydrogen-bond donors (Lipinski definition) is 2. The van der Waals surface area contributed by atoms with Crippen LogP contribution in [0.15, 0.2) is 28.7 Å². The Labute approximate surface area is 149 Å². The molecule has 0 unspecified atom stereocenters. The summed E-state index contributed by atoms with van der Waals surface area (Å²) in [7, 11) is 0. The van der Waals surface area contributed by atoms with E-state index in [9.17, 15) is 14.4 Å². The van der Waals surface area contributed by atoms with Crippen molar-refractivity contribution in [3.8, 4) is 0 Å². The minimum atomic E-state index is -0.725. The number of nitrogens with one attached hydrogen (secondary N) is 2. The third kappa shape index (κ3) is 3.45. The highest BCUT2D eigenvalue weighted by Gasteiger charge is 2.50. The van der Waals surface area contributed by atoms with Gasteiger partial charge in [-0.05, 0) is 37.1 Å². The zero-order valence-corrected chi connectivity index (χ0v) is 14.9. The molecule has 1 spiro atoms. The lowest BCUT2D eigenvalue weighted by Gasteiger charge is -2.30. The second-order valence-electron chi connectivity index (χ2n) is 6.33. The molecule has 1 heterocycles. The second kappa shape index (κ2) is 6.93. The molecule has 0 aromatic heterocycles. The molecule has 2 N–H and O–H groups in total. The highest BCUT2D eigenvalue weighted by Crippen LogP contribution is 2.33. The summed E-state index contributed by atoms with van der Waals surface area (Å²) in [6.07, 6.45) is 4.47. The van der Waals surface area contributed by atoms with Crippen molar-refractivity contribution in [1.82, 2.24) is 10.2 Å². The number of carbonyl (C=O) groups excluding carboxylic acids is 3. The number of rotatable bonds is 4. The standard InChI is InChI=1S/C17H20BrN3O3/c18-12-4-6-13(7-5-12)19-14(22)8-11-21-15(23)17(20-16(21)24)9-2-1-3-10-17/h4-7H,1-3,8-11H2,(H,19,22)(H,20,24). The molecule has 1 aliphatic carbocycles. The van der Waals surface area contributed by atoms with E-state index in [0.717, 1.165) is 23.7 Å². The van der Waals surface area contributed by atoms with E-state index in [2.05, 4.69) is 26.6 Å². The largest absolute Gasteiger partial charge is 0.326 e. The molecule has 7 heteroatoms. The summed E-state index contributed by atoms with van der Waals surface area (Å²) < 4.78 is 0.928. The molecule has 0 radical (unpaired) electrons. The molecule has 0 bridgehead atoms. The summed E-state index contributed by atoms with van der Waals surface area (Å²) in [6.45, 7) is 0.106. The fourth-order valence-corrected chi connectivity index (χ4v) is 3.61. The third-order valence-electron chi connectivity index (χ3n) is 4.64.